The van der Waals surface area contributed by atoms with Crippen molar-refractivity contribution in [3.63, 3.8) is 0 Å². The summed E-state index contributed by atoms with van der Waals surface area (Å²) in [4.78, 5) is 0. The Bertz CT molecular complexity index is 7800. The number of hydrogen-bond donors (Lipinski definition) is 0. The van der Waals surface area contributed by atoms with Crippen molar-refractivity contribution in [2.75, 3.05) is 0 Å². The van der Waals surface area contributed by atoms with Crippen LogP contribution in [0.25, 0.3) is 177 Å². The lowest BCUT2D eigenvalue weighted by atomic mass is 9.99. The predicted octanol–water partition coefficient (Wildman–Crippen LogP) is 28.3. The molecule has 6 heteroatoms. The molecular formula is C117H85N5Si. The van der Waals surface area contributed by atoms with Gasteiger partial charge in [0.1, 0.15) is 0 Å². The summed E-state index contributed by atoms with van der Waals surface area (Å²) in [6.45, 7) is 0. The van der Waals surface area contributed by atoms with Crippen LogP contribution in [0.4, 0.5) is 0 Å². The van der Waals surface area contributed by atoms with E-state index >= 15 is 0 Å². The molecule has 0 aliphatic rings. The molecule has 4 heterocycles. The van der Waals surface area contributed by atoms with Gasteiger partial charge in [-0.2, -0.15) is 5.26 Å². The molecule has 0 radical (unpaired) electrons. The first-order valence-electron chi connectivity index (χ1n) is 41.4. The fourth-order valence-corrected chi connectivity index (χ4v) is 23.7. The third-order valence-corrected chi connectivity index (χ3v) is 29.4. The molecular weight excluding hydrogens is 1500 g/mol. The first kappa shape index (κ1) is 75.8. The molecule has 0 saturated heterocycles. The van der Waals surface area contributed by atoms with Crippen LogP contribution in [0.3, 0.4) is 0 Å². The number of nitrogens with zero attached hydrogens (tertiary/aromatic N) is 5. The lowest BCUT2D eigenvalue weighted by Crippen LogP contribution is -2.74. The molecule has 0 unspecified atom stereocenters. The van der Waals surface area contributed by atoms with Crippen LogP contribution in [-0.4, -0.2) is 26.3 Å². The molecule has 23 aromatic rings. The van der Waals surface area contributed by atoms with Gasteiger partial charge in [-0.3, -0.25) is 0 Å². The predicted molar refractivity (Wildman–Crippen MR) is 525 cm³/mol. The number of fused-ring (bicyclic) bond motifs is 12. The molecule has 19 aromatic carbocycles. The largest absolute Gasteiger partial charge is 0.309 e. The number of para-hydroxylation sites is 4. The zero-order valence-corrected chi connectivity index (χ0v) is 67.2. The zero-order valence-electron chi connectivity index (χ0n) is 66.2. The van der Waals surface area contributed by atoms with E-state index in [0.29, 0.717) is 5.56 Å². The number of rotatable bonds is 14. The molecule has 0 aliphatic carbocycles. The van der Waals surface area contributed by atoms with Gasteiger partial charge in [0.05, 0.1) is 55.8 Å². The van der Waals surface area contributed by atoms with Crippen LogP contribution in [0.1, 0.15) is 20.4 Å². The third kappa shape index (κ3) is 13.3. The maximum Gasteiger partial charge on any atom is 0.179 e. The summed E-state index contributed by atoms with van der Waals surface area (Å²) in [7, 11) is -2.65. The Balaban J connectivity index is 0.000000160. The number of nitriles is 1. The highest BCUT2D eigenvalue weighted by atomic mass is 28.3. The highest BCUT2D eigenvalue weighted by molar-refractivity contribution is 7.19. The number of benzene rings is 19. The van der Waals surface area contributed by atoms with E-state index in [1.807, 2.05) is 18.2 Å². The Morgan fingerprint density at radius 1 is 0.163 bits per heavy atom. The van der Waals surface area contributed by atoms with Crippen molar-refractivity contribution < 1.29 is 0 Å². The summed E-state index contributed by atoms with van der Waals surface area (Å²) in [5.74, 6) is 0. The van der Waals surface area contributed by atoms with Gasteiger partial charge in [0, 0.05) is 65.8 Å². The van der Waals surface area contributed by atoms with Gasteiger partial charge in [0.15, 0.2) is 8.07 Å². The zero-order chi connectivity index (χ0) is 80.3. The quantitative estimate of drug-likeness (QED) is 0.0790. The van der Waals surface area contributed by atoms with Crippen LogP contribution < -0.4 is 20.7 Å². The van der Waals surface area contributed by atoms with Gasteiger partial charge in [-0.05, 0) is 233 Å². The molecule has 0 fully saturated rings. The highest BCUT2D eigenvalue weighted by Crippen LogP contribution is 2.43. The molecule has 0 spiro atoms. The number of aromatic nitrogens is 4. The highest BCUT2D eigenvalue weighted by Gasteiger charge is 2.41. The Kier molecular flexibility index (Phi) is 19.8. The molecule has 5 nitrogen and oxygen atoms in total. The van der Waals surface area contributed by atoms with E-state index in [2.05, 4.69) is 473 Å². The fraction of sp³-hybridized carbons (Fsp3) is 0.0171. The molecule has 0 bridgehead atoms. The van der Waals surface area contributed by atoms with E-state index in [0.717, 1.165) is 55.7 Å². The summed E-state index contributed by atoms with van der Waals surface area (Å²) in [6, 6.07) is 172. The van der Waals surface area contributed by atoms with Gasteiger partial charge in [-0.1, -0.05) is 336 Å². The van der Waals surface area contributed by atoms with Gasteiger partial charge in [-0.15, -0.1) is 0 Å². The fourth-order valence-electron chi connectivity index (χ4n) is 19.0. The molecule has 0 N–H and O–H groups in total. The second kappa shape index (κ2) is 32.1. The smallest absolute Gasteiger partial charge is 0.179 e. The van der Waals surface area contributed by atoms with E-state index in [9.17, 15) is 5.26 Å². The maximum absolute atomic E-state index is 9.87. The second-order valence-corrected chi connectivity index (χ2v) is 35.2. The molecule has 0 atom stereocenters. The molecule has 0 amide bonds. The lowest BCUT2D eigenvalue weighted by Gasteiger charge is -2.34. The Morgan fingerprint density at radius 2 is 0.382 bits per heavy atom. The number of hydrogen-bond acceptors (Lipinski definition) is 1. The van der Waals surface area contributed by atoms with Crippen molar-refractivity contribution in [2.45, 2.75) is 14.9 Å². The minimum absolute atomic E-state index is 0. The van der Waals surface area contributed by atoms with Crippen LogP contribution in [0.15, 0.2) is 467 Å². The SMILES string of the molecule is C.C.N#Cc1ccc2c(c1)c1cc(-c3ccc4c(c3)c3ccccc3n4-c3ccccc3)ccc1n2-c1ccc(-c2cccc(-c3ccccc3)c2)cc1.c1ccc(-c2cccc(-c3ccc(-n4c5ccccc5c5cc(-c6ccc7c(c6)c6ccccc6n7-c6ccc([Si](c7ccccc7)(c7ccccc7)c7ccccc7)cc6)ccc54)cc3)c2)cc1. The standard InChI is InChI=1S/C66H46N2Si.C49H31N3.2CH4/c1-5-18-47(19-6-1)49-20-17-21-50(44-49)48-32-36-53(37-33-48)67-63-30-15-13-28-59(63)61-45-51(34-42-65(61)67)52-35-43-66-62(46-52)60-29-14-16-31-64(60)68(66)54-38-40-58(41-39-54)69(55-22-7-2-8-23-55,56-24-9-3-10-25-56)57-26-11-4-12-27-57;50-32-33-18-25-47-43(28-33)45-31-39(38-21-26-48-44(30-38)42-16-7-8-17-46(42)51(48)40-14-5-2-6-15-40)22-27-49(45)52(47)41-23-19-35(20-24-41)37-13-9-12-36(29-37)34-10-3-1-4-11-34;;/h1-46H;1-31H;2*1H4. The van der Waals surface area contributed by atoms with Crippen molar-refractivity contribution in [3.8, 4) is 95.6 Å². The van der Waals surface area contributed by atoms with E-state index in [1.54, 1.807) is 0 Å². The van der Waals surface area contributed by atoms with Crippen LogP contribution in [0.5, 0.6) is 0 Å². The molecule has 582 valence electrons. The Morgan fingerprint density at radius 3 is 0.715 bits per heavy atom. The normalized spacial score (nSPS) is 11.4. The summed E-state index contributed by atoms with van der Waals surface area (Å²) in [5, 5.41) is 25.0. The maximum atomic E-state index is 9.87. The van der Waals surface area contributed by atoms with Crippen LogP contribution in [0, 0.1) is 11.3 Å². The van der Waals surface area contributed by atoms with Gasteiger partial charge < -0.3 is 18.3 Å². The first-order valence-corrected chi connectivity index (χ1v) is 43.4. The van der Waals surface area contributed by atoms with Crippen molar-refractivity contribution in [2.24, 2.45) is 0 Å². The van der Waals surface area contributed by atoms with Crippen LogP contribution in [0.2, 0.25) is 0 Å². The van der Waals surface area contributed by atoms with Gasteiger partial charge >= 0.3 is 0 Å². The minimum Gasteiger partial charge on any atom is -0.309 e. The van der Waals surface area contributed by atoms with Crippen LogP contribution >= 0.6 is 0 Å². The van der Waals surface area contributed by atoms with Crippen molar-refractivity contribution in [3.05, 3.63) is 473 Å². The van der Waals surface area contributed by atoms with E-state index in [4.69, 9.17) is 0 Å². The average Bonchev–Trinajstić information content (AvgIpc) is 1.32. The summed E-state index contributed by atoms with van der Waals surface area (Å²) >= 11 is 0. The first-order chi connectivity index (χ1) is 59.9. The lowest BCUT2D eigenvalue weighted by molar-refractivity contribution is 1.18. The molecule has 0 aliphatic heterocycles. The van der Waals surface area contributed by atoms with E-state index < -0.39 is 8.07 Å². The minimum atomic E-state index is -2.65. The Labute approximate surface area is 717 Å². The van der Waals surface area contributed by atoms with Crippen molar-refractivity contribution in [1.82, 2.24) is 18.3 Å². The summed E-state index contributed by atoms with van der Waals surface area (Å²) in [6.07, 6.45) is 0. The van der Waals surface area contributed by atoms with Crippen molar-refractivity contribution in [1.29, 1.82) is 5.26 Å². The molecule has 4 aromatic heterocycles. The Hall–Kier alpha value is -15.9. The second-order valence-electron chi connectivity index (χ2n) is 31.4. The monoisotopic (exact) mass is 1590 g/mol. The third-order valence-electron chi connectivity index (χ3n) is 24.6. The van der Waals surface area contributed by atoms with Gasteiger partial charge in [-0.25, -0.2) is 0 Å². The van der Waals surface area contributed by atoms with Crippen LogP contribution in [-0.2, 0) is 0 Å². The molecule has 23 rings (SSSR count). The molecule has 0 saturated carbocycles. The average molecular weight is 1590 g/mol. The topological polar surface area (TPSA) is 43.5 Å². The summed E-state index contributed by atoms with van der Waals surface area (Å²) < 4.78 is 9.51. The van der Waals surface area contributed by atoms with E-state index in [1.165, 1.54) is 142 Å². The van der Waals surface area contributed by atoms with E-state index in [-0.39, 0.29) is 14.9 Å². The van der Waals surface area contributed by atoms with Gasteiger partial charge in [0.2, 0.25) is 0 Å². The molecule has 123 heavy (non-hydrogen) atoms. The summed E-state index contributed by atoms with van der Waals surface area (Å²) in [5.41, 5.74) is 28.8. The van der Waals surface area contributed by atoms with Crippen molar-refractivity contribution >= 4 is 116 Å². The van der Waals surface area contributed by atoms with Gasteiger partial charge in [0.25, 0.3) is 0 Å².